The van der Waals surface area contributed by atoms with Crippen LogP contribution in [0.3, 0.4) is 0 Å². The zero-order chi connectivity index (χ0) is 13.4. The summed E-state index contributed by atoms with van der Waals surface area (Å²) in [6.45, 7) is 2.08. The predicted octanol–water partition coefficient (Wildman–Crippen LogP) is 4.31. The van der Waals surface area contributed by atoms with Gasteiger partial charge in [0.15, 0.2) is 0 Å². The van der Waals surface area contributed by atoms with E-state index in [4.69, 9.17) is 4.74 Å². The van der Waals surface area contributed by atoms with Crippen LogP contribution in [0.1, 0.15) is 5.56 Å². The van der Waals surface area contributed by atoms with Crippen molar-refractivity contribution in [1.82, 2.24) is 9.97 Å². The number of rotatable bonds is 2. The Bertz CT molecular complexity index is 749. The number of aromatic amines is 1. The zero-order valence-electron chi connectivity index (χ0n) is 10.7. The lowest BCUT2D eigenvalue weighted by atomic mass is 10.1. The topological polar surface area (TPSA) is 37.9 Å². The maximum atomic E-state index is 5.22. The van der Waals surface area contributed by atoms with Crippen LogP contribution in [0, 0.1) is 6.92 Å². The number of imidazole rings is 1. The molecule has 1 heterocycles. The minimum absolute atomic E-state index is 0.829. The van der Waals surface area contributed by atoms with Gasteiger partial charge in [-0.2, -0.15) is 0 Å². The van der Waals surface area contributed by atoms with E-state index in [9.17, 15) is 0 Å². The third kappa shape index (κ3) is 2.24. The number of aromatic nitrogens is 2. The Morgan fingerprint density at radius 2 is 2.00 bits per heavy atom. The number of aryl methyl sites for hydroxylation is 1. The van der Waals surface area contributed by atoms with E-state index in [1.54, 1.807) is 7.11 Å². The van der Waals surface area contributed by atoms with Gasteiger partial charge in [-0.3, -0.25) is 0 Å². The third-order valence-corrected chi connectivity index (χ3v) is 3.63. The van der Waals surface area contributed by atoms with Crippen molar-refractivity contribution in [3.05, 3.63) is 46.4 Å². The second-order valence-corrected chi connectivity index (χ2v) is 5.34. The Morgan fingerprint density at radius 3 is 2.74 bits per heavy atom. The van der Waals surface area contributed by atoms with Crippen molar-refractivity contribution in [3.8, 4) is 17.1 Å². The molecule has 4 heteroatoms. The summed E-state index contributed by atoms with van der Waals surface area (Å²) in [6.07, 6.45) is 0. The molecule has 0 unspecified atom stereocenters. The highest BCUT2D eigenvalue weighted by Crippen LogP contribution is 2.27. The number of methoxy groups -OCH3 is 1. The van der Waals surface area contributed by atoms with Gasteiger partial charge in [-0.1, -0.05) is 15.9 Å². The van der Waals surface area contributed by atoms with Crippen molar-refractivity contribution < 1.29 is 4.74 Å². The number of hydrogen-bond donors (Lipinski definition) is 1. The number of fused-ring (bicyclic) bond motifs is 1. The molecule has 0 bridgehead atoms. The predicted molar refractivity (Wildman–Crippen MR) is 80.5 cm³/mol. The Labute approximate surface area is 119 Å². The monoisotopic (exact) mass is 316 g/mol. The number of nitrogens with zero attached hydrogens (tertiary/aromatic N) is 1. The number of hydrogen-bond acceptors (Lipinski definition) is 2. The minimum Gasteiger partial charge on any atom is -0.497 e. The zero-order valence-corrected chi connectivity index (χ0v) is 12.3. The van der Waals surface area contributed by atoms with Crippen LogP contribution in [0.4, 0.5) is 0 Å². The summed E-state index contributed by atoms with van der Waals surface area (Å²) < 4.78 is 6.30. The van der Waals surface area contributed by atoms with Gasteiger partial charge < -0.3 is 9.72 Å². The molecule has 1 aromatic heterocycles. The Morgan fingerprint density at radius 1 is 1.16 bits per heavy atom. The number of H-pyrrole nitrogens is 1. The van der Waals surface area contributed by atoms with E-state index in [-0.39, 0.29) is 0 Å². The molecule has 96 valence electrons. The molecule has 0 fully saturated rings. The number of nitrogens with one attached hydrogen (secondary N) is 1. The van der Waals surface area contributed by atoms with Gasteiger partial charge in [0.2, 0.25) is 0 Å². The quantitative estimate of drug-likeness (QED) is 0.765. The summed E-state index contributed by atoms with van der Waals surface area (Å²) in [6, 6.07) is 12.0. The fourth-order valence-electron chi connectivity index (χ4n) is 2.14. The highest BCUT2D eigenvalue weighted by atomic mass is 79.9. The van der Waals surface area contributed by atoms with Crippen molar-refractivity contribution in [3.63, 3.8) is 0 Å². The van der Waals surface area contributed by atoms with E-state index >= 15 is 0 Å². The van der Waals surface area contributed by atoms with Crippen molar-refractivity contribution in [2.75, 3.05) is 7.11 Å². The molecule has 0 aliphatic carbocycles. The van der Waals surface area contributed by atoms with Gasteiger partial charge in [-0.15, -0.1) is 0 Å². The summed E-state index contributed by atoms with van der Waals surface area (Å²) in [5, 5.41) is 0. The van der Waals surface area contributed by atoms with Crippen LogP contribution in [0.5, 0.6) is 5.75 Å². The molecule has 0 radical (unpaired) electrons. The number of benzene rings is 2. The highest BCUT2D eigenvalue weighted by molar-refractivity contribution is 9.10. The molecule has 3 rings (SSSR count). The second kappa shape index (κ2) is 4.70. The smallest absolute Gasteiger partial charge is 0.138 e. The second-order valence-electron chi connectivity index (χ2n) is 4.43. The molecule has 0 aliphatic heterocycles. The molecule has 0 saturated heterocycles. The van der Waals surface area contributed by atoms with Gasteiger partial charge >= 0.3 is 0 Å². The van der Waals surface area contributed by atoms with Crippen LogP contribution in [0.25, 0.3) is 22.4 Å². The lowest BCUT2D eigenvalue weighted by Gasteiger charge is -2.02. The fraction of sp³-hybridized carbons (Fsp3) is 0.133. The molecule has 0 spiro atoms. The summed E-state index contributed by atoms with van der Waals surface area (Å²) in [5.41, 5.74) is 4.22. The molecule has 0 amide bonds. The van der Waals surface area contributed by atoms with Gasteiger partial charge in [0.25, 0.3) is 0 Å². The molecular formula is C15H13BrN2O. The Kier molecular flexibility index (Phi) is 3.03. The van der Waals surface area contributed by atoms with Gasteiger partial charge in [0.1, 0.15) is 11.6 Å². The standard InChI is InChI=1S/C15H13BrN2O/c1-9-7-10(16)3-5-12(9)15-17-13-6-4-11(19-2)8-14(13)18-15/h3-8H,1-2H3,(H,17,18). The van der Waals surface area contributed by atoms with E-state index < -0.39 is 0 Å². The van der Waals surface area contributed by atoms with Crippen molar-refractivity contribution >= 4 is 27.0 Å². The maximum absolute atomic E-state index is 5.22. The Hall–Kier alpha value is -1.81. The van der Waals surface area contributed by atoms with Crippen LogP contribution in [0.15, 0.2) is 40.9 Å². The van der Waals surface area contributed by atoms with Crippen LogP contribution >= 0.6 is 15.9 Å². The van der Waals surface area contributed by atoms with E-state index in [1.165, 1.54) is 5.56 Å². The van der Waals surface area contributed by atoms with Crippen LogP contribution in [-0.2, 0) is 0 Å². The minimum atomic E-state index is 0.829. The molecule has 19 heavy (non-hydrogen) atoms. The van der Waals surface area contributed by atoms with Crippen molar-refractivity contribution in [2.24, 2.45) is 0 Å². The van der Waals surface area contributed by atoms with Gasteiger partial charge in [-0.05, 0) is 42.8 Å². The molecule has 3 nitrogen and oxygen atoms in total. The van der Waals surface area contributed by atoms with Crippen LogP contribution < -0.4 is 4.74 Å². The average Bonchev–Trinajstić information content (AvgIpc) is 2.80. The first kappa shape index (κ1) is 12.2. The molecule has 0 saturated carbocycles. The van der Waals surface area contributed by atoms with Crippen LogP contribution in [-0.4, -0.2) is 17.1 Å². The molecule has 2 aromatic carbocycles. The number of ether oxygens (including phenoxy) is 1. The Balaban J connectivity index is 2.14. The summed E-state index contributed by atoms with van der Waals surface area (Å²) in [5.74, 6) is 1.71. The van der Waals surface area contributed by atoms with Crippen LogP contribution in [0.2, 0.25) is 0 Å². The van der Waals surface area contributed by atoms with Crippen molar-refractivity contribution in [1.29, 1.82) is 0 Å². The molecule has 3 aromatic rings. The molecule has 0 aliphatic rings. The first-order chi connectivity index (χ1) is 9.17. The average molecular weight is 317 g/mol. The lowest BCUT2D eigenvalue weighted by molar-refractivity contribution is 0.415. The van der Waals surface area contributed by atoms with Gasteiger partial charge in [0, 0.05) is 16.1 Å². The van der Waals surface area contributed by atoms with E-state index in [0.29, 0.717) is 0 Å². The fourth-order valence-corrected chi connectivity index (χ4v) is 2.61. The van der Waals surface area contributed by atoms with Gasteiger partial charge in [-0.25, -0.2) is 4.98 Å². The molecule has 1 N–H and O–H groups in total. The summed E-state index contributed by atoms with van der Waals surface area (Å²) in [7, 11) is 1.66. The normalized spacial score (nSPS) is 10.9. The molecule has 0 atom stereocenters. The SMILES string of the molecule is COc1ccc2nc(-c3ccc(Br)cc3C)[nH]c2c1. The summed E-state index contributed by atoms with van der Waals surface area (Å²) >= 11 is 3.48. The van der Waals surface area contributed by atoms with E-state index in [1.807, 2.05) is 24.3 Å². The van der Waals surface area contributed by atoms with Gasteiger partial charge in [0.05, 0.1) is 18.1 Å². The van der Waals surface area contributed by atoms with E-state index in [0.717, 1.165) is 32.6 Å². The maximum Gasteiger partial charge on any atom is 0.138 e. The first-order valence-electron chi connectivity index (χ1n) is 5.97. The summed E-state index contributed by atoms with van der Waals surface area (Å²) in [4.78, 5) is 7.96. The van der Waals surface area contributed by atoms with E-state index in [2.05, 4.69) is 45.0 Å². The lowest BCUT2D eigenvalue weighted by Crippen LogP contribution is -1.85. The largest absolute Gasteiger partial charge is 0.497 e. The first-order valence-corrected chi connectivity index (χ1v) is 6.77. The van der Waals surface area contributed by atoms with Crippen molar-refractivity contribution in [2.45, 2.75) is 6.92 Å². The highest BCUT2D eigenvalue weighted by Gasteiger charge is 2.08. The third-order valence-electron chi connectivity index (χ3n) is 3.13. The number of halogens is 1. The molecular weight excluding hydrogens is 304 g/mol.